The number of aromatic nitrogens is 6. The molecule has 3 unspecified atom stereocenters. The van der Waals surface area contributed by atoms with Gasteiger partial charge in [0.05, 0.1) is 24.0 Å². The van der Waals surface area contributed by atoms with Crippen molar-refractivity contribution in [1.82, 2.24) is 29.5 Å². The predicted octanol–water partition coefficient (Wildman–Crippen LogP) is -0.168. The number of nitrogens with two attached hydrogens (primary N) is 1. The lowest BCUT2D eigenvalue weighted by Gasteiger charge is -2.18. The minimum Gasteiger partial charge on any atom is -0.508 e. The van der Waals surface area contributed by atoms with E-state index in [0.717, 1.165) is 0 Å². The van der Waals surface area contributed by atoms with Gasteiger partial charge in [-0.2, -0.15) is 0 Å². The van der Waals surface area contributed by atoms with E-state index in [-0.39, 0.29) is 28.5 Å². The molecule has 6 rings (SSSR count). The molecule has 0 amide bonds. The Morgan fingerprint density at radius 2 is 2.10 bits per heavy atom. The Balaban J connectivity index is 1.08. The van der Waals surface area contributed by atoms with Crippen LogP contribution in [0.25, 0.3) is 22.2 Å². The number of anilines is 1. The minimum absolute atomic E-state index is 0.0550. The van der Waals surface area contributed by atoms with Crippen molar-refractivity contribution in [1.29, 1.82) is 0 Å². The number of phenols is 1. The molecule has 2 aliphatic rings. The molecule has 0 aliphatic carbocycles. The van der Waals surface area contributed by atoms with Crippen molar-refractivity contribution in [2.45, 2.75) is 30.6 Å². The first-order valence-corrected chi connectivity index (χ1v) is 14.1. The lowest BCUT2D eigenvalue weighted by molar-refractivity contribution is -0.137. The van der Waals surface area contributed by atoms with E-state index >= 15 is 0 Å². The van der Waals surface area contributed by atoms with Crippen LogP contribution in [0.15, 0.2) is 35.8 Å². The normalized spacial score (nSPS) is 26.3. The number of aromatic hydroxyl groups is 1. The highest BCUT2D eigenvalue weighted by atomic mass is 32.2. The summed E-state index contributed by atoms with van der Waals surface area (Å²) < 4.78 is 29.1. The van der Waals surface area contributed by atoms with Crippen LogP contribution in [0, 0.1) is 0 Å². The molecular formula is C21H21N8O9PS. The van der Waals surface area contributed by atoms with Crippen LogP contribution in [-0.4, -0.2) is 97.4 Å². The summed E-state index contributed by atoms with van der Waals surface area (Å²) in [5.41, 5.74) is 7.42. The maximum atomic E-state index is 12.6. The van der Waals surface area contributed by atoms with E-state index in [1.54, 1.807) is 6.07 Å². The number of H-pyrrole nitrogens is 1. The molecule has 5 heterocycles. The molecule has 6 atom stereocenters. The number of fused-ring (bicyclic) bond motifs is 2. The molecule has 7 N–H and O–H groups in total. The number of aliphatic hydroxyl groups excluding tert-OH is 2. The molecule has 1 fully saturated rings. The lowest BCUT2D eigenvalue weighted by atomic mass is 10.1. The number of nitrogens with zero attached hydrogens (tertiary/aromatic N) is 6. The molecule has 0 radical (unpaired) electrons. The third-order valence-electron chi connectivity index (χ3n) is 6.20. The second kappa shape index (κ2) is 10.1. The second-order valence-electron chi connectivity index (χ2n) is 8.85. The standard InChI is InChI=1S/C21H21N8O9PS/c22-16-13-18(24-6-23-16)29(7-25-13)20-15(32)14(31)12(37-20)4-36-39(34,35)38-21(33)11-5-40-19(28-11)17-26-9-2-1-8(30)3-10(9)27-17/h1-3,6-7,11-12,14-15,20,30-32H,4-5H2,(H,26,27)(H,34,35)(H2,22,23,24)/t11?,12?,14-,15-,20-/m1/s1. The Bertz CT molecular complexity index is 1700. The number of ether oxygens (including phenoxy) is 1. The quantitative estimate of drug-likeness (QED) is 0.152. The van der Waals surface area contributed by atoms with Crippen LogP contribution >= 0.6 is 19.6 Å². The van der Waals surface area contributed by atoms with Gasteiger partial charge >= 0.3 is 13.8 Å². The van der Waals surface area contributed by atoms with Gasteiger partial charge in [0.2, 0.25) is 0 Å². The number of nitrogen functional groups attached to an aromatic ring is 1. The van der Waals surface area contributed by atoms with Crippen LogP contribution in [0.3, 0.4) is 0 Å². The Hall–Kier alpha value is -3.64. The highest BCUT2D eigenvalue weighted by Crippen LogP contribution is 2.45. The summed E-state index contributed by atoms with van der Waals surface area (Å²) in [6, 6.07) is 3.49. The minimum atomic E-state index is -4.95. The van der Waals surface area contributed by atoms with Crippen LogP contribution in [0.5, 0.6) is 5.75 Å². The number of benzene rings is 1. The molecule has 210 valence electrons. The summed E-state index contributed by atoms with van der Waals surface area (Å²) in [5, 5.41) is 31.0. The Kier molecular flexibility index (Phi) is 6.70. The fourth-order valence-electron chi connectivity index (χ4n) is 4.24. The Labute approximate surface area is 227 Å². The number of carbonyl (C=O) groups is 1. The third-order valence-corrected chi connectivity index (χ3v) is 8.14. The fourth-order valence-corrected chi connectivity index (χ4v) is 5.94. The molecule has 3 aromatic heterocycles. The maximum Gasteiger partial charge on any atom is 0.529 e. The van der Waals surface area contributed by atoms with E-state index in [2.05, 4.69) is 29.9 Å². The van der Waals surface area contributed by atoms with E-state index < -0.39 is 51.0 Å². The van der Waals surface area contributed by atoms with Crippen molar-refractivity contribution in [3.8, 4) is 5.75 Å². The molecule has 17 nitrogen and oxygen atoms in total. The fraction of sp³-hybridized carbons (Fsp3) is 0.333. The number of aliphatic imine (C=N–C) groups is 1. The molecule has 2 aliphatic heterocycles. The smallest absolute Gasteiger partial charge is 0.508 e. The zero-order valence-corrected chi connectivity index (χ0v) is 21.8. The van der Waals surface area contributed by atoms with Crippen molar-refractivity contribution in [3.05, 3.63) is 36.7 Å². The summed E-state index contributed by atoms with van der Waals surface area (Å²) in [6.07, 6.45) is -2.95. The highest BCUT2D eigenvalue weighted by molar-refractivity contribution is 8.14. The number of phenolic OH excluding ortho intramolecular Hbond substituents is 1. The number of phosphoric ester groups is 1. The van der Waals surface area contributed by atoms with Crippen LogP contribution < -0.4 is 5.73 Å². The van der Waals surface area contributed by atoms with Crippen LogP contribution in [0.4, 0.5) is 5.82 Å². The van der Waals surface area contributed by atoms with Gasteiger partial charge in [0.1, 0.15) is 40.9 Å². The molecule has 0 spiro atoms. The average molecular weight is 592 g/mol. The molecule has 1 saturated heterocycles. The first-order valence-electron chi connectivity index (χ1n) is 11.6. The van der Waals surface area contributed by atoms with Gasteiger partial charge in [-0.05, 0) is 12.1 Å². The number of hydrogen-bond acceptors (Lipinski definition) is 15. The van der Waals surface area contributed by atoms with Gasteiger partial charge in [0.15, 0.2) is 29.6 Å². The SMILES string of the molecule is Nc1ncnc2c1ncn2[C@@H]1OC(COP(=O)(O)OC(=O)C2CSC(c3nc4ccc(O)cc4[nH]3)=N2)[C@@H](O)[C@H]1O. The van der Waals surface area contributed by atoms with Gasteiger partial charge in [-0.25, -0.2) is 29.3 Å². The van der Waals surface area contributed by atoms with Gasteiger partial charge in [0.25, 0.3) is 0 Å². The van der Waals surface area contributed by atoms with E-state index in [4.69, 9.17) is 19.5 Å². The molecule has 0 saturated carbocycles. The molecule has 0 bridgehead atoms. The third kappa shape index (κ3) is 4.90. The summed E-state index contributed by atoms with van der Waals surface area (Å²) in [5.74, 6) is -0.449. The van der Waals surface area contributed by atoms with Gasteiger partial charge in [0, 0.05) is 11.8 Å². The van der Waals surface area contributed by atoms with Crippen LogP contribution in [0.2, 0.25) is 0 Å². The summed E-state index contributed by atoms with van der Waals surface area (Å²) in [4.78, 5) is 46.2. The van der Waals surface area contributed by atoms with Gasteiger partial charge in [-0.15, -0.1) is 11.8 Å². The number of imidazole rings is 2. The number of phosphoric acid groups is 1. The Morgan fingerprint density at radius 1 is 1.27 bits per heavy atom. The maximum absolute atomic E-state index is 12.6. The van der Waals surface area contributed by atoms with E-state index in [9.17, 15) is 29.6 Å². The number of nitrogens with one attached hydrogen (secondary N) is 1. The van der Waals surface area contributed by atoms with Crippen LogP contribution in [0.1, 0.15) is 12.1 Å². The molecule has 1 aromatic carbocycles. The predicted molar refractivity (Wildman–Crippen MR) is 138 cm³/mol. The second-order valence-corrected chi connectivity index (χ2v) is 11.2. The Morgan fingerprint density at radius 3 is 2.92 bits per heavy atom. The molecular weight excluding hydrogens is 571 g/mol. The van der Waals surface area contributed by atoms with Crippen molar-refractivity contribution >= 4 is 58.6 Å². The molecule has 19 heteroatoms. The monoisotopic (exact) mass is 592 g/mol. The largest absolute Gasteiger partial charge is 0.529 e. The van der Waals surface area contributed by atoms with E-state index in [1.807, 2.05) is 0 Å². The van der Waals surface area contributed by atoms with Gasteiger partial charge < -0.3 is 35.3 Å². The summed E-state index contributed by atoms with van der Waals surface area (Å²) in [7, 11) is -4.95. The summed E-state index contributed by atoms with van der Waals surface area (Å²) in [6.45, 7) is -0.695. The highest BCUT2D eigenvalue weighted by Gasteiger charge is 2.46. The van der Waals surface area contributed by atoms with Crippen LogP contribution in [-0.2, 0) is 23.1 Å². The average Bonchev–Trinajstić information content (AvgIpc) is 3.69. The van der Waals surface area contributed by atoms with Crippen molar-refractivity contribution in [2.75, 3.05) is 18.1 Å². The van der Waals surface area contributed by atoms with Crippen molar-refractivity contribution < 1.29 is 43.4 Å². The first-order chi connectivity index (χ1) is 19.1. The number of thioether (sulfide) groups is 1. The van der Waals surface area contributed by atoms with Crippen molar-refractivity contribution in [3.63, 3.8) is 0 Å². The van der Waals surface area contributed by atoms with Gasteiger partial charge in [-0.3, -0.25) is 19.0 Å². The number of aliphatic hydroxyl groups is 2. The molecule has 4 aromatic rings. The number of carbonyl (C=O) groups excluding carboxylic acids is 1. The topological polar surface area (TPSA) is 253 Å². The number of rotatable bonds is 7. The van der Waals surface area contributed by atoms with Gasteiger partial charge in [-0.1, -0.05) is 0 Å². The zero-order chi connectivity index (χ0) is 28.2. The number of hydrogen-bond donors (Lipinski definition) is 6. The first kappa shape index (κ1) is 26.6. The summed E-state index contributed by atoms with van der Waals surface area (Å²) >= 11 is 1.19. The van der Waals surface area contributed by atoms with E-state index in [1.165, 1.54) is 41.1 Å². The lowest BCUT2D eigenvalue weighted by Crippen LogP contribution is -2.33. The zero-order valence-electron chi connectivity index (χ0n) is 20.1. The van der Waals surface area contributed by atoms with Crippen molar-refractivity contribution in [2.24, 2.45) is 4.99 Å². The van der Waals surface area contributed by atoms with E-state index in [0.29, 0.717) is 21.9 Å². The number of aromatic amines is 1. The molecule has 40 heavy (non-hydrogen) atoms.